The lowest BCUT2D eigenvalue weighted by atomic mass is 9.79. The van der Waals surface area contributed by atoms with E-state index in [0.29, 0.717) is 6.61 Å². The summed E-state index contributed by atoms with van der Waals surface area (Å²) in [7, 11) is 1.89. The van der Waals surface area contributed by atoms with Crippen LogP contribution in [0.15, 0.2) is 0 Å². The molecular formula is C16H27N3O2. The Morgan fingerprint density at radius 2 is 1.90 bits per heavy atom. The van der Waals surface area contributed by atoms with Crippen molar-refractivity contribution in [3.8, 4) is 0 Å². The molecule has 2 rings (SSSR count). The van der Waals surface area contributed by atoms with E-state index in [1.165, 1.54) is 12.8 Å². The minimum atomic E-state index is -0.610. The van der Waals surface area contributed by atoms with Crippen molar-refractivity contribution in [3.63, 3.8) is 0 Å². The van der Waals surface area contributed by atoms with Gasteiger partial charge in [-0.15, -0.1) is 0 Å². The Hall–Kier alpha value is -1.39. The topological polar surface area (TPSA) is 57.0 Å². The minimum Gasteiger partial charge on any atom is -0.465 e. The summed E-state index contributed by atoms with van der Waals surface area (Å²) in [6, 6.07) is 0. The van der Waals surface area contributed by atoms with Crippen molar-refractivity contribution >= 4 is 5.97 Å². The largest absolute Gasteiger partial charge is 0.465 e. The molecule has 1 aliphatic rings. The van der Waals surface area contributed by atoms with Crippen LogP contribution in [0.3, 0.4) is 0 Å². The summed E-state index contributed by atoms with van der Waals surface area (Å²) >= 11 is 0. The first kappa shape index (κ1) is 16.0. The smallest absolute Gasteiger partial charge is 0.319 e. The monoisotopic (exact) mass is 293 g/mol. The molecule has 0 unspecified atom stereocenters. The van der Waals surface area contributed by atoms with E-state index in [4.69, 9.17) is 9.72 Å². The summed E-state index contributed by atoms with van der Waals surface area (Å²) < 4.78 is 7.19. The predicted molar refractivity (Wildman–Crippen MR) is 81.1 cm³/mol. The zero-order chi connectivity index (χ0) is 15.5. The first-order chi connectivity index (χ1) is 10.0. The highest BCUT2D eigenvalue weighted by Gasteiger charge is 2.45. The lowest BCUT2D eigenvalue weighted by molar-refractivity contribution is -0.151. The Bertz CT molecular complexity index is 486. The van der Waals surface area contributed by atoms with Gasteiger partial charge >= 0.3 is 5.97 Å². The summed E-state index contributed by atoms with van der Waals surface area (Å²) in [6.45, 7) is 6.42. The van der Waals surface area contributed by atoms with Crippen LogP contribution in [0, 0.1) is 0 Å². The standard InChI is InChI=1S/C16H27N3O2/c1-5-21-15(20)16(10-8-6-7-9-11-16)14-17-13(12(2)3)18-19(14)4/h12H,5-11H2,1-4H3. The number of rotatable bonds is 4. The van der Waals surface area contributed by atoms with Crippen molar-refractivity contribution in [1.29, 1.82) is 0 Å². The quantitative estimate of drug-likeness (QED) is 0.632. The highest BCUT2D eigenvalue weighted by Crippen LogP contribution is 2.39. The van der Waals surface area contributed by atoms with Gasteiger partial charge in [0.25, 0.3) is 0 Å². The third kappa shape index (κ3) is 3.11. The van der Waals surface area contributed by atoms with E-state index in [9.17, 15) is 4.79 Å². The molecular weight excluding hydrogens is 266 g/mol. The molecule has 1 fully saturated rings. The van der Waals surface area contributed by atoms with Gasteiger partial charge in [-0.25, -0.2) is 4.98 Å². The Kier molecular flexibility index (Phi) is 5.01. The van der Waals surface area contributed by atoms with E-state index in [-0.39, 0.29) is 11.9 Å². The van der Waals surface area contributed by atoms with Crippen molar-refractivity contribution < 1.29 is 9.53 Å². The Morgan fingerprint density at radius 1 is 1.29 bits per heavy atom. The maximum Gasteiger partial charge on any atom is 0.319 e. The first-order valence-electron chi connectivity index (χ1n) is 8.10. The second-order valence-electron chi connectivity index (χ2n) is 6.29. The number of hydrogen-bond acceptors (Lipinski definition) is 4. The molecule has 21 heavy (non-hydrogen) atoms. The molecule has 0 N–H and O–H groups in total. The predicted octanol–water partition coefficient (Wildman–Crippen LogP) is 3.09. The van der Waals surface area contributed by atoms with E-state index in [1.807, 2.05) is 14.0 Å². The molecule has 1 aromatic heterocycles. The normalized spacial score (nSPS) is 18.5. The summed E-state index contributed by atoms with van der Waals surface area (Å²) in [6.07, 6.45) is 6.07. The molecule has 5 heteroatoms. The maximum atomic E-state index is 12.7. The highest BCUT2D eigenvalue weighted by atomic mass is 16.5. The fourth-order valence-electron chi connectivity index (χ4n) is 3.19. The van der Waals surface area contributed by atoms with E-state index in [1.54, 1.807) is 4.68 Å². The number of carbonyl (C=O) groups is 1. The van der Waals surface area contributed by atoms with Crippen molar-refractivity contribution in [2.75, 3.05) is 6.61 Å². The minimum absolute atomic E-state index is 0.127. The molecule has 0 spiro atoms. The molecule has 1 aliphatic carbocycles. The van der Waals surface area contributed by atoms with Crippen molar-refractivity contribution in [2.24, 2.45) is 7.05 Å². The van der Waals surface area contributed by atoms with Gasteiger partial charge in [0.2, 0.25) is 0 Å². The van der Waals surface area contributed by atoms with Gasteiger partial charge in [0.05, 0.1) is 6.61 Å². The van der Waals surface area contributed by atoms with Crippen LogP contribution in [-0.4, -0.2) is 27.3 Å². The van der Waals surface area contributed by atoms with Gasteiger partial charge < -0.3 is 4.74 Å². The number of ether oxygens (including phenoxy) is 1. The molecule has 0 radical (unpaired) electrons. The van der Waals surface area contributed by atoms with Crippen LogP contribution >= 0.6 is 0 Å². The fraction of sp³-hybridized carbons (Fsp3) is 0.812. The van der Waals surface area contributed by atoms with Crippen LogP contribution in [0.4, 0.5) is 0 Å². The van der Waals surface area contributed by atoms with Crippen molar-refractivity contribution in [1.82, 2.24) is 14.8 Å². The Morgan fingerprint density at radius 3 is 2.38 bits per heavy atom. The lowest BCUT2D eigenvalue weighted by Crippen LogP contribution is -2.39. The first-order valence-corrected chi connectivity index (χ1v) is 8.10. The Labute approximate surface area is 127 Å². The summed E-state index contributed by atoms with van der Waals surface area (Å²) in [4.78, 5) is 17.4. The number of nitrogens with zero attached hydrogens (tertiary/aromatic N) is 3. The number of esters is 1. The second-order valence-corrected chi connectivity index (χ2v) is 6.29. The van der Waals surface area contributed by atoms with Crippen LogP contribution in [0.25, 0.3) is 0 Å². The fourth-order valence-corrected chi connectivity index (χ4v) is 3.19. The number of hydrogen-bond donors (Lipinski definition) is 0. The van der Waals surface area contributed by atoms with Gasteiger partial charge in [-0.1, -0.05) is 39.5 Å². The average Bonchev–Trinajstić information content (AvgIpc) is 2.69. The van der Waals surface area contributed by atoms with Crippen LogP contribution in [0.1, 0.15) is 76.9 Å². The zero-order valence-electron chi connectivity index (χ0n) is 13.7. The molecule has 1 aromatic rings. The third-order valence-electron chi connectivity index (χ3n) is 4.35. The number of carbonyl (C=O) groups excluding carboxylic acids is 1. The van der Waals surface area contributed by atoms with Crippen LogP contribution < -0.4 is 0 Å². The molecule has 0 bridgehead atoms. The molecule has 5 nitrogen and oxygen atoms in total. The van der Waals surface area contributed by atoms with Gasteiger partial charge in [0, 0.05) is 13.0 Å². The lowest BCUT2D eigenvalue weighted by Gasteiger charge is -2.28. The molecule has 0 aromatic carbocycles. The van der Waals surface area contributed by atoms with Crippen molar-refractivity contribution in [2.45, 2.75) is 70.6 Å². The number of aryl methyl sites for hydroxylation is 1. The second kappa shape index (κ2) is 6.58. The zero-order valence-corrected chi connectivity index (χ0v) is 13.7. The third-order valence-corrected chi connectivity index (χ3v) is 4.35. The molecule has 0 saturated heterocycles. The number of aromatic nitrogens is 3. The molecule has 1 heterocycles. The van der Waals surface area contributed by atoms with Crippen LogP contribution in [0.5, 0.6) is 0 Å². The van der Waals surface area contributed by atoms with E-state index < -0.39 is 5.41 Å². The van der Waals surface area contributed by atoms with Gasteiger partial charge in [-0.2, -0.15) is 5.10 Å². The molecule has 0 atom stereocenters. The van der Waals surface area contributed by atoms with Gasteiger partial charge in [-0.3, -0.25) is 9.48 Å². The summed E-state index contributed by atoms with van der Waals surface area (Å²) in [5, 5.41) is 4.50. The van der Waals surface area contributed by atoms with E-state index in [2.05, 4.69) is 18.9 Å². The maximum absolute atomic E-state index is 12.7. The van der Waals surface area contributed by atoms with Crippen LogP contribution in [0.2, 0.25) is 0 Å². The molecule has 0 aliphatic heterocycles. The Balaban J connectivity index is 2.45. The average molecular weight is 293 g/mol. The molecule has 0 amide bonds. The van der Waals surface area contributed by atoms with E-state index >= 15 is 0 Å². The SMILES string of the molecule is CCOC(=O)C1(c2nc(C(C)C)nn2C)CCCCCC1. The summed E-state index contributed by atoms with van der Waals surface area (Å²) in [5.41, 5.74) is -0.610. The van der Waals surface area contributed by atoms with Crippen molar-refractivity contribution in [3.05, 3.63) is 11.6 Å². The van der Waals surface area contributed by atoms with E-state index in [0.717, 1.165) is 37.3 Å². The van der Waals surface area contributed by atoms with Gasteiger partial charge in [0.15, 0.2) is 5.82 Å². The molecule has 118 valence electrons. The summed E-state index contributed by atoms with van der Waals surface area (Å²) in [5.74, 6) is 1.72. The highest BCUT2D eigenvalue weighted by molar-refractivity contribution is 5.82. The molecule has 1 saturated carbocycles. The van der Waals surface area contributed by atoms with Gasteiger partial charge in [0.1, 0.15) is 11.2 Å². The van der Waals surface area contributed by atoms with Gasteiger partial charge in [-0.05, 0) is 19.8 Å². The van der Waals surface area contributed by atoms with Crippen LogP contribution in [-0.2, 0) is 22.0 Å².